The molecular formula is C28H33F3N2O2. The van der Waals surface area contributed by atoms with Gasteiger partial charge in [-0.25, -0.2) is 4.79 Å². The summed E-state index contributed by atoms with van der Waals surface area (Å²) >= 11 is 0. The molecule has 7 heteroatoms. The van der Waals surface area contributed by atoms with E-state index in [-0.39, 0.29) is 17.6 Å². The second kappa shape index (κ2) is 8.54. The quantitative estimate of drug-likeness (QED) is 0.462. The summed E-state index contributed by atoms with van der Waals surface area (Å²) in [5.41, 5.74) is 1.77. The van der Waals surface area contributed by atoms with Crippen LogP contribution in [0.5, 0.6) is 0 Å². The van der Waals surface area contributed by atoms with Crippen LogP contribution in [0.4, 0.5) is 18.0 Å². The highest BCUT2D eigenvalue weighted by Gasteiger charge is 2.52. The molecule has 1 aliphatic heterocycles. The topological polar surface area (TPSA) is 32.8 Å². The lowest BCUT2D eigenvalue weighted by molar-refractivity contribution is -0.137. The maximum Gasteiger partial charge on any atom is 0.416 e. The molecule has 2 aromatic carbocycles. The Morgan fingerprint density at radius 2 is 1.74 bits per heavy atom. The van der Waals surface area contributed by atoms with Crippen molar-refractivity contribution in [2.75, 3.05) is 13.1 Å². The number of ether oxygens (including phenoxy) is 1. The van der Waals surface area contributed by atoms with Crippen molar-refractivity contribution in [2.24, 2.45) is 5.41 Å². The van der Waals surface area contributed by atoms with Crippen LogP contribution >= 0.6 is 0 Å². The molecule has 188 valence electrons. The maximum absolute atomic E-state index is 13.3. The normalized spacial score (nSPS) is 23.0. The maximum atomic E-state index is 13.3. The summed E-state index contributed by atoms with van der Waals surface area (Å²) in [6.45, 7) is 8.21. The molecule has 0 bridgehead atoms. The molecule has 5 rings (SSSR count). The molecule has 1 amide bonds. The molecule has 4 nitrogen and oxygen atoms in total. The molecule has 35 heavy (non-hydrogen) atoms. The number of rotatable bonds is 6. The van der Waals surface area contributed by atoms with Crippen molar-refractivity contribution in [1.82, 2.24) is 9.80 Å². The molecular weight excluding hydrogens is 453 g/mol. The Hall–Kier alpha value is -2.54. The molecule has 0 aromatic heterocycles. The number of carbonyl (C=O) groups is 1. The summed E-state index contributed by atoms with van der Waals surface area (Å²) in [6, 6.07) is 14.5. The van der Waals surface area contributed by atoms with E-state index >= 15 is 0 Å². The Morgan fingerprint density at radius 1 is 1.06 bits per heavy atom. The summed E-state index contributed by atoms with van der Waals surface area (Å²) in [7, 11) is 0. The lowest BCUT2D eigenvalue weighted by atomic mass is 10.1. The average molecular weight is 487 g/mol. The average Bonchev–Trinajstić information content (AvgIpc) is 3.67. The zero-order chi connectivity index (χ0) is 25.0. The van der Waals surface area contributed by atoms with Crippen LogP contribution in [0.25, 0.3) is 0 Å². The summed E-state index contributed by atoms with van der Waals surface area (Å²) in [4.78, 5) is 17.4. The molecule has 0 N–H and O–H groups in total. The Bertz CT molecular complexity index is 1090. The first-order chi connectivity index (χ1) is 16.4. The monoisotopic (exact) mass is 486 g/mol. The SMILES string of the molecule is CC(C)(C)OC(=O)N(CC1(CN2Cc3ccc(C(F)(F)F)cc3C2)CC1)[C@H]1CC1c1ccccc1. The second-order valence-corrected chi connectivity index (χ2v) is 11.6. The second-order valence-electron chi connectivity index (χ2n) is 11.6. The van der Waals surface area contributed by atoms with Crippen LogP contribution in [0.15, 0.2) is 48.5 Å². The Morgan fingerprint density at radius 3 is 2.37 bits per heavy atom. The number of benzene rings is 2. The van der Waals surface area contributed by atoms with Crippen molar-refractivity contribution in [3.8, 4) is 0 Å². The van der Waals surface area contributed by atoms with E-state index in [1.54, 1.807) is 6.07 Å². The number of nitrogens with zero attached hydrogens (tertiary/aromatic N) is 2. The summed E-state index contributed by atoms with van der Waals surface area (Å²) in [6.07, 6.45) is -1.65. The third kappa shape index (κ3) is 5.50. The van der Waals surface area contributed by atoms with Crippen molar-refractivity contribution in [1.29, 1.82) is 0 Å². The number of alkyl halides is 3. The molecule has 0 radical (unpaired) electrons. The number of hydrogen-bond acceptors (Lipinski definition) is 3. The number of hydrogen-bond donors (Lipinski definition) is 0. The zero-order valence-corrected chi connectivity index (χ0v) is 20.6. The fraction of sp³-hybridized carbons (Fsp3) is 0.536. The molecule has 3 aliphatic rings. The van der Waals surface area contributed by atoms with Crippen LogP contribution in [0.1, 0.15) is 68.2 Å². The molecule has 2 atom stereocenters. The van der Waals surface area contributed by atoms with Gasteiger partial charge in [0.05, 0.1) is 5.56 Å². The van der Waals surface area contributed by atoms with E-state index in [9.17, 15) is 18.0 Å². The highest BCUT2D eigenvalue weighted by molar-refractivity contribution is 5.69. The van der Waals surface area contributed by atoms with Gasteiger partial charge in [0.1, 0.15) is 5.60 Å². The van der Waals surface area contributed by atoms with Crippen LogP contribution < -0.4 is 0 Å². The van der Waals surface area contributed by atoms with Crippen molar-refractivity contribution >= 4 is 6.09 Å². The summed E-state index contributed by atoms with van der Waals surface area (Å²) < 4.78 is 45.2. The standard InChI is InChI=1S/C28H33F3N2O2/c1-26(2,3)35-25(34)33(24-14-23(24)19-7-5-4-6-8-19)18-27(11-12-27)17-32-15-20-9-10-22(28(29,30)31)13-21(20)16-32/h4-10,13,23-24H,11-12,14-18H2,1-3H3/t23?,24-/m0/s1. The van der Waals surface area contributed by atoms with Crippen molar-refractivity contribution in [2.45, 2.75) is 76.9 Å². The van der Waals surface area contributed by atoms with E-state index in [0.717, 1.165) is 36.9 Å². The van der Waals surface area contributed by atoms with Gasteiger partial charge in [-0.05, 0) is 68.9 Å². The van der Waals surface area contributed by atoms with Crippen molar-refractivity contribution in [3.05, 3.63) is 70.8 Å². The number of fused-ring (bicyclic) bond motifs is 1. The van der Waals surface area contributed by atoms with Gasteiger partial charge in [-0.3, -0.25) is 4.90 Å². The van der Waals surface area contributed by atoms with Crippen LogP contribution in [0.2, 0.25) is 0 Å². The van der Waals surface area contributed by atoms with Crippen molar-refractivity contribution < 1.29 is 22.7 Å². The molecule has 2 aliphatic carbocycles. The third-order valence-electron chi connectivity index (χ3n) is 7.36. The van der Waals surface area contributed by atoms with Crippen LogP contribution in [0, 0.1) is 5.41 Å². The number of halogens is 3. The number of amides is 1. The fourth-order valence-electron chi connectivity index (χ4n) is 5.35. The Labute approximate surface area is 205 Å². The predicted octanol–water partition coefficient (Wildman–Crippen LogP) is 6.59. The zero-order valence-electron chi connectivity index (χ0n) is 20.6. The van der Waals surface area contributed by atoms with E-state index in [0.29, 0.717) is 25.6 Å². The van der Waals surface area contributed by atoms with Gasteiger partial charge in [0.15, 0.2) is 0 Å². The van der Waals surface area contributed by atoms with Crippen LogP contribution in [-0.4, -0.2) is 40.6 Å². The number of carbonyl (C=O) groups excluding carboxylic acids is 1. The largest absolute Gasteiger partial charge is 0.444 e. The lowest BCUT2D eigenvalue weighted by Crippen LogP contribution is -2.44. The molecule has 2 fully saturated rings. The van der Waals surface area contributed by atoms with Crippen LogP contribution in [-0.2, 0) is 24.0 Å². The Kier molecular flexibility index (Phi) is 5.90. The minimum absolute atomic E-state index is 0.0321. The Balaban J connectivity index is 1.28. The van der Waals surface area contributed by atoms with Gasteiger partial charge >= 0.3 is 12.3 Å². The first-order valence-electron chi connectivity index (χ1n) is 12.4. The highest BCUT2D eigenvalue weighted by atomic mass is 19.4. The summed E-state index contributed by atoms with van der Waals surface area (Å²) in [5, 5.41) is 0. The highest BCUT2D eigenvalue weighted by Crippen LogP contribution is 2.52. The third-order valence-corrected chi connectivity index (χ3v) is 7.36. The first-order valence-corrected chi connectivity index (χ1v) is 12.4. The van der Waals surface area contributed by atoms with E-state index < -0.39 is 17.3 Å². The minimum atomic E-state index is -4.33. The molecule has 0 spiro atoms. The van der Waals surface area contributed by atoms with Gasteiger partial charge in [-0.2, -0.15) is 13.2 Å². The van der Waals surface area contributed by atoms with Gasteiger partial charge in [0, 0.05) is 43.6 Å². The summed E-state index contributed by atoms with van der Waals surface area (Å²) in [5.74, 6) is 0.316. The van der Waals surface area contributed by atoms with Gasteiger partial charge in [-0.1, -0.05) is 36.4 Å². The van der Waals surface area contributed by atoms with Gasteiger partial charge in [0.2, 0.25) is 0 Å². The van der Waals surface area contributed by atoms with Gasteiger partial charge in [0.25, 0.3) is 0 Å². The smallest absolute Gasteiger partial charge is 0.416 e. The van der Waals surface area contributed by atoms with Crippen molar-refractivity contribution in [3.63, 3.8) is 0 Å². The van der Waals surface area contributed by atoms with Crippen LogP contribution in [0.3, 0.4) is 0 Å². The molecule has 1 unspecified atom stereocenters. The van der Waals surface area contributed by atoms with E-state index in [2.05, 4.69) is 17.0 Å². The van der Waals surface area contributed by atoms with Gasteiger partial charge < -0.3 is 9.64 Å². The predicted molar refractivity (Wildman–Crippen MR) is 128 cm³/mol. The fourth-order valence-corrected chi connectivity index (χ4v) is 5.35. The van der Waals surface area contributed by atoms with E-state index in [1.807, 2.05) is 43.9 Å². The lowest BCUT2D eigenvalue weighted by Gasteiger charge is -2.32. The minimum Gasteiger partial charge on any atom is -0.444 e. The molecule has 2 saturated carbocycles. The van der Waals surface area contributed by atoms with E-state index in [4.69, 9.17) is 4.74 Å². The van der Waals surface area contributed by atoms with E-state index in [1.165, 1.54) is 17.7 Å². The van der Waals surface area contributed by atoms with Gasteiger partial charge in [-0.15, -0.1) is 0 Å². The molecule has 1 heterocycles. The molecule has 2 aromatic rings. The first kappa shape index (κ1) is 24.2. The molecule has 0 saturated heterocycles.